The van der Waals surface area contributed by atoms with E-state index in [0.29, 0.717) is 32.1 Å². The predicted molar refractivity (Wildman–Crippen MR) is 173 cm³/mol. The molecule has 5 rings (SSSR count). The van der Waals surface area contributed by atoms with Crippen molar-refractivity contribution < 1.29 is 58.4 Å². The third-order valence-corrected chi connectivity index (χ3v) is 13.0. The first-order valence-corrected chi connectivity index (χ1v) is 18.1. The lowest BCUT2D eigenvalue weighted by Crippen LogP contribution is -2.58. The lowest BCUT2D eigenvalue weighted by atomic mass is 9.78. The van der Waals surface area contributed by atoms with Crippen molar-refractivity contribution in [2.45, 2.75) is 172 Å². The van der Waals surface area contributed by atoms with Crippen molar-refractivity contribution in [2.24, 2.45) is 35.5 Å². The van der Waals surface area contributed by atoms with E-state index in [1.807, 2.05) is 20.8 Å². The van der Waals surface area contributed by atoms with Crippen LogP contribution in [0.2, 0.25) is 0 Å². The SMILES string of the molecule is CC[C@@]1([C@@H]2OC(C3O[C@@](O)(C(=O)O)[C@H](C)C[C@@H]3C)C[C@@H]2C)CCC(C2(C)CCC3(C[C@H](O)[C@@H](C)[C@@H]([C@@H](C)[C@H](OC)C(C)C(=O)O)O3)O2)O1. The number of rotatable bonds is 10. The maximum absolute atomic E-state index is 12.0. The van der Waals surface area contributed by atoms with Crippen molar-refractivity contribution in [3.63, 3.8) is 0 Å². The molecule has 12 nitrogen and oxygen atoms in total. The van der Waals surface area contributed by atoms with Gasteiger partial charge >= 0.3 is 11.9 Å². The Labute approximate surface area is 285 Å². The molecule has 5 aliphatic heterocycles. The first kappa shape index (κ1) is 37.9. The molecule has 0 amide bonds. The van der Waals surface area contributed by atoms with Crippen molar-refractivity contribution in [2.75, 3.05) is 7.11 Å². The number of hydrogen-bond acceptors (Lipinski definition) is 10. The second kappa shape index (κ2) is 13.6. The minimum absolute atomic E-state index is 0.0130. The third kappa shape index (κ3) is 6.46. The number of ether oxygens (including phenoxy) is 6. The summed E-state index contributed by atoms with van der Waals surface area (Å²) in [4.78, 5) is 23.8. The van der Waals surface area contributed by atoms with Crippen LogP contribution in [-0.4, -0.2) is 105 Å². The fourth-order valence-electron chi connectivity index (χ4n) is 9.93. The number of carboxylic acid groups (broad SMARTS) is 2. The number of aliphatic hydroxyl groups excluding tert-OH is 1. The van der Waals surface area contributed by atoms with Gasteiger partial charge in [0.25, 0.3) is 5.79 Å². The molecule has 6 unspecified atom stereocenters. The van der Waals surface area contributed by atoms with E-state index < -0.39 is 71.0 Å². The van der Waals surface area contributed by atoms with Crippen molar-refractivity contribution in [1.82, 2.24) is 0 Å². The van der Waals surface area contributed by atoms with Crippen LogP contribution in [0.4, 0.5) is 0 Å². The van der Waals surface area contributed by atoms with E-state index in [1.54, 1.807) is 13.8 Å². The zero-order chi connectivity index (χ0) is 35.6. The average Bonchev–Trinajstić information content (AvgIpc) is 3.73. The second-order valence-electron chi connectivity index (χ2n) is 16.3. The van der Waals surface area contributed by atoms with E-state index in [1.165, 1.54) is 7.11 Å². The summed E-state index contributed by atoms with van der Waals surface area (Å²) in [6.07, 6.45) is 1.79. The van der Waals surface area contributed by atoms with Crippen molar-refractivity contribution >= 4 is 11.9 Å². The highest BCUT2D eigenvalue weighted by atomic mass is 16.7. The number of hydrogen-bond donors (Lipinski definition) is 4. The summed E-state index contributed by atoms with van der Waals surface area (Å²) in [6, 6.07) is 0. The van der Waals surface area contributed by atoms with Gasteiger partial charge < -0.3 is 48.8 Å². The number of carbonyl (C=O) groups is 2. The van der Waals surface area contributed by atoms with Crippen LogP contribution in [0.5, 0.6) is 0 Å². The molecule has 1 spiro atoms. The van der Waals surface area contributed by atoms with Gasteiger partial charge in [-0.1, -0.05) is 41.5 Å². The molecular weight excluding hydrogens is 624 g/mol. The highest BCUT2D eigenvalue weighted by molar-refractivity contribution is 5.75. The summed E-state index contributed by atoms with van der Waals surface area (Å²) >= 11 is 0. The highest BCUT2D eigenvalue weighted by Crippen LogP contribution is 2.55. The molecule has 5 heterocycles. The molecule has 5 saturated heterocycles. The Bertz CT molecular complexity index is 1180. The molecule has 0 aromatic carbocycles. The Hall–Kier alpha value is -1.38. The largest absolute Gasteiger partial charge is 0.481 e. The lowest BCUT2D eigenvalue weighted by Gasteiger charge is -2.48. The maximum atomic E-state index is 12.0. The molecule has 0 bridgehead atoms. The van der Waals surface area contributed by atoms with Crippen LogP contribution in [0.15, 0.2) is 0 Å². The van der Waals surface area contributed by atoms with Crippen molar-refractivity contribution in [3.05, 3.63) is 0 Å². The molecule has 4 N–H and O–H groups in total. The van der Waals surface area contributed by atoms with E-state index in [9.17, 15) is 30.0 Å². The first-order valence-electron chi connectivity index (χ1n) is 18.1. The molecule has 17 atom stereocenters. The van der Waals surface area contributed by atoms with E-state index in [0.717, 1.165) is 19.3 Å². The Morgan fingerprint density at radius 2 is 1.67 bits per heavy atom. The average molecular weight is 685 g/mol. The van der Waals surface area contributed by atoms with Crippen LogP contribution in [0.3, 0.4) is 0 Å². The molecule has 5 aliphatic rings. The normalized spacial score (nSPS) is 50.0. The van der Waals surface area contributed by atoms with Crippen LogP contribution < -0.4 is 0 Å². The van der Waals surface area contributed by atoms with Gasteiger partial charge in [0.05, 0.1) is 59.8 Å². The fraction of sp³-hybridized carbons (Fsp3) is 0.944. The zero-order valence-electron chi connectivity index (χ0n) is 30.2. The van der Waals surface area contributed by atoms with Crippen LogP contribution in [0, 0.1) is 35.5 Å². The van der Waals surface area contributed by atoms with Gasteiger partial charge in [0.1, 0.15) is 0 Å². The smallest absolute Gasteiger partial charge is 0.364 e. The minimum Gasteiger partial charge on any atom is -0.481 e. The number of aliphatic carboxylic acids is 2. The predicted octanol–water partition coefficient (Wildman–Crippen LogP) is 4.37. The van der Waals surface area contributed by atoms with Gasteiger partial charge in [-0.05, 0) is 64.2 Å². The highest BCUT2D eigenvalue weighted by Gasteiger charge is 2.62. The molecule has 276 valence electrons. The van der Waals surface area contributed by atoms with Gasteiger partial charge in [0.15, 0.2) is 5.79 Å². The van der Waals surface area contributed by atoms with Crippen LogP contribution in [0.25, 0.3) is 0 Å². The molecule has 5 fully saturated rings. The van der Waals surface area contributed by atoms with E-state index in [2.05, 4.69) is 20.8 Å². The summed E-state index contributed by atoms with van der Waals surface area (Å²) in [5.41, 5.74) is -1.26. The summed E-state index contributed by atoms with van der Waals surface area (Å²) in [7, 11) is 1.51. The van der Waals surface area contributed by atoms with Crippen LogP contribution in [-0.2, 0) is 38.0 Å². The molecule has 0 saturated carbocycles. The van der Waals surface area contributed by atoms with Crippen molar-refractivity contribution in [1.29, 1.82) is 0 Å². The van der Waals surface area contributed by atoms with E-state index >= 15 is 0 Å². The monoisotopic (exact) mass is 684 g/mol. The molecule has 0 aromatic rings. The summed E-state index contributed by atoms with van der Waals surface area (Å²) < 4.78 is 39.0. The number of aliphatic hydroxyl groups is 2. The van der Waals surface area contributed by atoms with Gasteiger partial charge in [-0.3, -0.25) is 4.79 Å². The summed E-state index contributed by atoms with van der Waals surface area (Å²) in [5.74, 6) is -7.31. The third-order valence-electron chi connectivity index (χ3n) is 13.0. The Balaban J connectivity index is 1.29. The zero-order valence-corrected chi connectivity index (χ0v) is 30.2. The van der Waals surface area contributed by atoms with Gasteiger partial charge in [0, 0.05) is 37.7 Å². The van der Waals surface area contributed by atoms with E-state index in [-0.39, 0.29) is 42.0 Å². The van der Waals surface area contributed by atoms with Gasteiger partial charge in [0.2, 0.25) is 0 Å². The van der Waals surface area contributed by atoms with Gasteiger partial charge in [-0.25, -0.2) is 4.79 Å². The molecule has 0 radical (unpaired) electrons. The van der Waals surface area contributed by atoms with Gasteiger partial charge in [-0.2, -0.15) is 0 Å². The van der Waals surface area contributed by atoms with Crippen molar-refractivity contribution in [3.8, 4) is 0 Å². The Morgan fingerprint density at radius 1 is 0.979 bits per heavy atom. The molecule has 48 heavy (non-hydrogen) atoms. The minimum atomic E-state index is -2.24. The summed E-state index contributed by atoms with van der Waals surface area (Å²) in [6.45, 7) is 15.5. The summed E-state index contributed by atoms with van der Waals surface area (Å²) in [5, 5.41) is 41.6. The number of carboxylic acids is 2. The quantitative estimate of drug-likeness (QED) is 0.257. The van der Waals surface area contributed by atoms with Crippen LogP contribution >= 0.6 is 0 Å². The maximum Gasteiger partial charge on any atom is 0.364 e. The van der Waals surface area contributed by atoms with Crippen LogP contribution in [0.1, 0.15) is 107 Å². The van der Waals surface area contributed by atoms with Gasteiger partial charge in [-0.15, -0.1) is 0 Å². The number of methoxy groups -OCH3 is 1. The second-order valence-corrected chi connectivity index (χ2v) is 16.3. The first-order chi connectivity index (χ1) is 22.4. The molecule has 12 heteroatoms. The van der Waals surface area contributed by atoms with E-state index in [4.69, 9.17) is 28.4 Å². The fourth-order valence-corrected chi connectivity index (χ4v) is 9.93. The molecular formula is C36H60O12. The molecule has 0 aromatic heterocycles. The standard InChI is InChI=1S/C36H60O12/c1-10-34(30-19(3)16-25(44-30)27-18(2)15-20(4)36(42,47-27)32(40)41)12-11-26(45-34)33(8)13-14-35(48-33)17-24(37)21(5)29(46-35)22(6)28(43-9)23(7)31(38)39/h18-30,37,42H,10-17H2,1-9H3,(H,38,39)(H,40,41)/t18-,19-,20+,21+,22-,23?,24-,25?,26?,27?,28-,29-,30+,33?,34-,35?,36+/m0/s1. The Kier molecular flexibility index (Phi) is 10.8. The topological polar surface area (TPSA) is 170 Å². The Morgan fingerprint density at radius 3 is 2.27 bits per heavy atom. The molecule has 0 aliphatic carbocycles. The lowest BCUT2D eigenvalue weighted by molar-refractivity contribution is -0.335.